The van der Waals surface area contributed by atoms with Crippen LogP contribution in [0.1, 0.15) is 18.7 Å². The van der Waals surface area contributed by atoms with Gasteiger partial charge < -0.3 is 15.6 Å². The van der Waals surface area contributed by atoms with Gasteiger partial charge in [0.2, 0.25) is 5.91 Å². The molecule has 0 spiro atoms. The van der Waals surface area contributed by atoms with E-state index in [2.05, 4.69) is 25.6 Å². The number of fused-ring (bicyclic) bond motifs is 1. The van der Waals surface area contributed by atoms with Crippen molar-refractivity contribution in [3.8, 4) is 0 Å². The zero-order valence-corrected chi connectivity index (χ0v) is 16.4. The maximum atomic E-state index is 13.3. The number of piperidine rings is 1. The van der Waals surface area contributed by atoms with Crippen LogP contribution in [0, 0.1) is 0 Å². The van der Waals surface area contributed by atoms with Crippen LogP contribution in [0.25, 0.3) is 11.2 Å². The SMILES string of the molecule is O=C(Nc1cc(Cl)cc(Cl)c1)[C@@]1(c2nc3nc(Cl)ccc3[nH]2)CCCNC1. The highest BCUT2D eigenvalue weighted by Gasteiger charge is 2.44. The van der Waals surface area contributed by atoms with Gasteiger partial charge in [-0.05, 0) is 49.7 Å². The Morgan fingerprint density at radius 3 is 2.59 bits per heavy atom. The van der Waals surface area contributed by atoms with Crippen LogP contribution in [0.3, 0.4) is 0 Å². The van der Waals surface area contributed by atoms with Crippen molar-refractivity contribution in [2.75, 3.05) is 18.4 Å². The number of halogens is 3. The smallest absolute Gasteiger partial charge is 0.239 e. The van der Waals surface area contributed by atoms with E-state index in [1.54, 1.807) is 30.3 Å². The number of aromatic amines is 1. The number of nitrogens with zero attached hydrogens (tertiary/aromatic N) is 2. The first-order valence-corrected chi connectivity index (χ1v) is 9.61. The lowest BCUT2D eigenvalue weighted by atomic mass is 9.78. The average Bonchev–Trinajstić information content (AvgIpc) is 3.05. The molecule has 4 rings (SSSR count). The molecule has 0 saturated carbocycles. The third-order valence-electron chi connectivity index (χ3n) is 4.70. The highest BCUT2D eigenvalue weighted by molar-refractivity contribution is 6.35. The van der Waals surface area contributed by atoms with Gasteiger partial charge in [0.1, 0.15) is 16.4 Å². The van der Waals surface area contributed by atoms with Gasteiger partial charge in [-0.1, -0.05) is 34.8 Å². The molecule has 1 aromatic carbocycles. The maximum absolute atomic E-state index is 13.3. The van der Waals surface area contributed by atoms with Crippen LogP contribution in [-0.2, 0) is 10.2 Å². The lowest BCUT2D eigenvalue weighted by molar-refractivity contribution is -0.122. The second-order valence-electron chi connectivity index (χ2n) is 6.57. The van der Waals surface area contributed by atoms with E-state index in [0.29, 0.717) is 45.3 Å². The van der Waals surface area contributed by atoms with Crippen molar-refractivity contribution in [3.05, 3.63) is 51.4 Å². The quantitative estimate of drug-likeness (QED) is 0.551. The highest BCUT2D eigenvalue weighted by atomic mass is 35.5. The van der Waals surface area contributed by atoms with Crippen LogP contribution in [0.4, 0.5) is 5.69 Å². The summed E-state index contributed by atoms with van der Waals surface area (Å²) < 4.78 is 0. The molecule has 0 bridgehead atoms. The number of nitrogens with one attached hydrogen (secondary N) is 3. The van der Waals surface area contributed by atoms with Crippen LogP contribution in [0.2, 0.25) is 15.2 Å². The van der Waals surface area contributed by atoms with Crippen molar-refractivity contribution in [1.29, 1.82) is 0 Å². The van der Waals surface area contributed by atoms with Crippen LogP contribution in [0.5, 0.6) is 0 Å². The van der Waals surface area contributed by atoms with Gasteiger partial charge >= 0.3 is 0 Å². The van der Waals surface area contributed by atoms with E-state index in [1.165, 1.54) is 0 Å². The molecule has 1 aliphatic rings. The standard InChI is InChI=1S/C18H16Cl3N5O/c19-10-6-11(20)8-12(7-10)23-17(27)18(4-1-5-22-9-18)16-24-13-2-3-14(21)25-15(13)26-16/h2-3,6-8,22H,1,4-5,9H2,(H,23,27)(H,24,25,26)/t18-/m0/s1. The Morgan fingerprint density at radius 2 is 1.89 bits per heavy atom. The van der Waals surface area contributed by atoms with Crippen molar-refractivity contribution in [2.45, 2.75) is 18.3 Å². The Kier molecular flexibility index (Phi) is 4.99. The largest absolute Gasteiger partial charge is 0.340 e. The second-order valence-corrected chi connectivity index (χ2v) is 7.83. The van der Waals surface area contributed by atoms with Gasteiger partial charge in [-0.3, -0.25) is 4.79 Å². The van der Waals surface area contributed by atoms with Crippen molar-refractivity contribution in [1.82, 2.24) is 20.3 Å². The molecular weight excluding hydrogens is 409 g/mol. The number of carbonyl (C=O) groups is 1. The number of imidazole rings is 1. The van der Waals surface area contributed by atoms with E-state index < -0.39 is 5.41 Å². The molecule has 9 heteroatoms. The summed E-state index contributed by atoms with van der Waals surface area (Å²) in [4.78, 5) is 25.3. The number of carbonyl (C=O) groups excluding carboxylic acids is 1. The predicted molar refractivity (Wildman–Crippen MR) is 108 cm³/mol. The second kappa shape index (κ2) is 7.28. The first-order valence-electron chi connectivity index (χ1n) is 8.47. The van der Waals surface area contributed by atoms with Gasteiger partial charge in [-0.15, -0.1) is 0 Å². The van der Waals surface area contributed by atoms with Crippen molar-refractivity contribution in [3.63, 3.8) is 0 Å². The minimum absolute atomic E-state index is 0.182. The number of aromatic nitrogens is 3. The monoisotopic (exact) mass is 423 g/mol. The van der Waals surface area contributed by atoms with Crippen molar-refractivity contribution in [2.24, 2.45) is 0 Å². The summed E-state index contributed by atoms with van der Waals surface area (Å²) in [5.41, 5.74) is 0.902. The molecule has 1 amide bonds. The summed E-state index contributed by atoms with van der Waals surface area (Å²) in [6.45, 7) is 1.31. The molecular formula is C18H16Cl3N5O. The number of hydrogen-bond donors (Lipinski definition) is 3. The third kappa shape index (κ3) is 3.62. The van der Waals surface area contributed by atoms with Crippen LogP contribution in [-0.4, -0.2) is 33.9 Å². The van der Waals surface area contributed by atoms with Crippen LogP contribution in [0.15, 0.2) is 30.3 Å². The molecule has 27 heavy (non-hydrogen) atoms. The molecule has 0 aliphatic carbocycles. The zero-order chi connectivity index (χ0) is 19.0. The molecule has 3 N–H and O–H groups in total. The molecule has 6 nitrogen and oxygen atoms in total. The minimum atomic E-state index is -0.861. The predicted octanol–water partition coefficient (Wildman–Crippen LogP) is 4.18. The Morgan fingerprint density at radius 1 is 1.11 bits per heavy atom. The summed E-state index contributed by atoms with van der Waals surface area (Å²) in [7, 11) is 0. The van der Waals surface area contributed by atoms with E-state index in [4.69, 9.17) is 34.8 Å². The molecule has 3 heterocycles. The zero-order valence-electron chi connectivity index (χ0n) is 14.2. The van der Waals surface area contributed by atoms with E-state index >= 15 is 0 Å². The summed E-state index contributed by atoms with van der Waals surface area (Å²) >= 11 is 18.1. The number of H-pyrrole nitrogens is 1. The first kappa shape index (κ1) is 18.5. The highest BCUT2D eigenvalue weighted by Crippen LogP contribution is 2.33. The van der Waals surface area contributed by atoms with E-state index in [1.807, 2.05) is 0 Å². The fourth-order valence-corrected chi connectivity index (χ4v) is 4.05. The van der Waals surface area contributed by atoms with E-state index in [0.717, 1.165) is 18.5 Å². The number of benzene rings is 1. The maximum Gasteiger partial charge on any atom is 0.239 e. The summed E-state index contributed by atoms with van der Waals surface area (Å²) in [6, 6.07) is 8.43. The Labute approximate surface area is 170 Å². The van der Waals surface area contributed by atoms with Crippen molar-refractivity contribution >= 4 is 57.6 Å². The molecule has 0 unspecified atom stereocenters. The molecule has 2 aromatic heterocycles. The Balaban J connectivity index is 1.73. The topological polar surface area (TPSA) is 82.7 Å². The number of amides is 1. The summed E-state index contributed by atoms with van der Waals surface area (Å²) in [5, 5.41) is 7.50. The molecule has 1 fully saturated rings. The van der Waals surface area contributed by atoms with Gasteiger partial charge in [0.05, 0.1) is 5.52 Å². The molecule has 1 saturated heterocycles. The number of anilines is 1. The van der Waals surface area contributed by atoms with Crippen LogP contribution >= 0.6 is 34.8 Å². The number of hydrogen-bond acceptors (Lipinski definition) is 4. The average molecular weight is 425 g/mol. The number of pyridine rings is 1. The minimum Gasteiger partial charge on any atom is -0.340 e. The normalized spacial score (nSPS) is 20.0. The van der Waals surface area contributed by atoms with E-state index in [9.17, 15) is 4.79 Å². The summed E-state index contributed by atoms with van der Waals surface area (Å²) in [5.74, 6) is 0.378. The Bertz CT molecular complexity index is 993. The van der Waals surface area contributed by atoms with Gasteiger partial charge in [0.15, 0.2) is 5.65 Å². The van der Waals surface area contributed by atoms with Gasteiger partial charge in [-0.2, -0.15) is 0 Å². The van der Waals surface area contributed by atoms with Gasteiger partial charge in [0, 0.05) is 22.3 Å². The molecule has 140 valence electrons. The lowest BCUT2D eigenvalue weighted by Crippen LogP contribution is -2.52. The molecule has 1 atom stereocenters. The Hall–Kier alpha value is -1.86. The fourth-order valence-electron chi connectivity index (χ4n) is 3.38. The number of rotatable bonds is 3. The van der Waals surface area contributed by atoms with Gasteiger partial charge in [-0.25, -0.2) is 9.97 Å². The molecule has 1 aliphatic heterocycles. The fraction of sp³-hybridized carbons (Fsp3) is 0.278. The lowest BCUT2D eigenvalue weighted by Gasteiger charge is -2.34. The van der Waals surface area contributed by atoms with E-state index in [-0.39, 0.29) is 5.91 Å². The summed E-state index contributed by atoms with van der Waals surface area (Å²) in [6.07, 6.45) is 1.49. The third-order valence-corrected chi connectivity index (χ3v) is 5.35. The van der Waals surface area contributed by atoms with Crippen molar-refractivity contribution < 1.29 is 4.79 Å². The molecule has 3 aromatic rings. The van der Waals surface area contributed by atoms with Crippen LogP contribution < -0.4 is 10.6 Å². The van der Waals surface area contributed by atoms with Gasteiger partial charge in [0.25, 0.3) is 0 Å². The first-order chi connectivity index (χ1) is 13.0. The molecule has 0 radical (unpaired) electrons.